The maximum Gasteiger partial charge on any atom is 0.109 e. The lowest BCUT2D eigenvalue weighted by Crippen LogP contribution is -2.49. The molecule has 0 amide bonds. The first-order valence-corrected chi connectivity index (χ1v) is 5.99. The largest absolute Gasteiger partial charge is 0.380 e. The Morgan fingerprint density at radius 2 is 2.50 bits per heavy atom. The number of nitrogens with one attached hydrogen (secondary N) is 1. The van der Waals surface area contributed by atoms with Crippen LogP contribution < -0.4 is 5.32 Å². The number of rotatable bonds is 4. The quantitative estimate of drug-likeness (QED) is 0.831. The zero-order valence-electron chi connectivity index (χ0n) is 10.2. The molecule has 0 aliphatic carbocycles. The first kappa shape index (κ1) is 11.6. The van der Waals surface area contributed by atoms with Gasteiger partial charge in [-0.15, -0.1) is 0 Å². The normalized spacial score (nSPS) is 25.9. The molecule has 1 N–H and O–H groups in total. The summed E-state index contributed by atoms with van der Waals surface area (Å²) in [6.45, 7) is 4.94. The molecule has 1 fully saturated rings. The van der Waals surface area contributed by atoms with Gasteiger partial charge in [0, 0.05) is 44.6 Å². The van der Waals surface area contributed by atoms with Gasteiger partial charge in [0.15, 0.2) is 0 Å². The standard InChI is InChI=1S/C12H21N3O/c1-12(5-3-9-16-10-12)14-6-4-11-13-7-8-15(11)2/h7-8,14H,3-6,9-10H2,1-2H3. The molecule has 1 aliphatic heterocycles. The second kappa shape index (κ2) is 4.97. The van der Waals surface area contributed by atoms with Crippen molar-refractivity contribution in [2.45, 2.75) is 31.7 Å². The maximum absolute atomic E-state index is 5.51. The summed E-state index contributed by atoms with van der Waals surface area (Å²) in [6.07, 6.45) is 7.17. The van der Waals surface area contributed by atoms with Crippen LogP contribution in [0.3, 0.4) is 0 Å². The molecule has 1 aliphatic rings. The van der Waals surface area contributed by atoms with E-state index in [9.17, 15) is 0 Å². The highest BCUT2D eigenvalue weighted by atomic mass is 16.5. The minimum atomic E-state index is 0.156. The summed E-state index contributed by atoms with van der Waals surface area (Å²) in [6, 6.07) is 0. The zero-order valence-corrected chi connectivity index (χ0v) is 10.2. The smallest absolute Gasteiger partial charge is 0.109 e. The minimum absolute atomic E-state index is 0.156. The van der Waals surface area contributed by atoms with Gasteiger partial charge in [0.25, 0.3) is 0 Å². The molecule has 16 heavy (non-hydrogen) atoms. The van der Waals surface area contributed by atoms with Crippen molar-refractivity contribution in [3.8, 4) is 0 Å². The van der Waals surface area contributed by atoms with E-state index in [-0.39, 0.29) is 5.54 Å². The molecule has 1 unspecified atom stereocenters. The number of hydrogen-bond donors (Lipinski definition) is 1. The second-order valence-electron chi connectivity index (χ2n) is 4.85. The van der Waals surface area contributed by atoms with Crippen LogP contribution in [0.4, 0.5) is 0 Å². The molecule has 2 rings (SSSR count). The van der Waals surface area contributed by atoms with Gasteiger partial charge in [0.1, 0.15) is 5.82 Å². The van der Waals surface area contributed by atoms with Crippen molar-refractivity contribution in [1.29, 1.82) is 0 Å². The Morgan fingerprint density at radius 1 is 1.62 bits per heavy atom. The van der Waals surface area contributed by atoms with Crippen molar-refractivity contribution in [1.82, 2.24) is 14.9 Å². The summed E-state index contributed by atoms with van der Waals surface area (Å²) in [4.78, 5) is 4.31. The van der Waals surface area contributed by atoms with E-state index in [0.29, 0.717) is 0 Å². The Hall–Kier alpha value is -0.870. The highest BCUT2D eigenvalue weighted by Crippen LogP contribution is 2.17. The third kappa shape index (κ3) is 2.83. The fraction of sp³-hybridized carbons (Fsp3) is 0.750. The molecule has 0 saturated carbocycles. The van der Waals surface area contributed by atoms with Gasteiger partial charge in [0.05, 0.1) is 6.61 Å². The molecule has 0 radical (unpaired) electrons. The summed E-state index contributed by atoms with van der Waals surface area (Å²) < 4.78 is 7.58. The van der Waals surface area contributed by atoms with Crippen LogP contribution in [0.15, 0.2) is 12.4 Å². The topological polar surface area (TPSA) is 39.1 Å². The predicted molar refractivity (Wildman–Crippen MR) is 63.4 cm³/mol. The molecule has 1 saturated heterocycles. The van der Waals surface area contributed by atoms with E-state index in [2.05, 4.69) is 21.8 Å². The molecule has 0 spiro atoms. The number of aromatic nitrogens is 2. The Morgan fingerprint density at radius 3 is 3.12 bits per heavy atom. The van der Waals surface area contributed by atoms with Crippen LogP contribution in [0.2, 0.25) is 0 Å². The van der Waals surface area contributed by atoms with Gasteiger partial charge >= 0.3 is 0 Å². The summed E-state index contributed by atoms with van der Waals surface area (Å²) in [7, 11) is 2.04. The van der Waals surface area contributed by atoms with Crippen molar-refractivity contribution in [3.63, 3.8) is 0 Å². The first-order chi connectivity index (χ1) is 7.70. The highest BCUT2D eigenvalue weighted by Gasteiger charge is 2.26. The summed E-state index contributed by atoms with van der Waals surface area (Å²) in [5, 5.41) is 3.59. The van der Waals surface area contributed by atoms with Gasteiger partial charge < -0.3 is 14.6 Å². The molecule has 4 nitrogen and oxygen atoms in total. The number of hydrogen-bond acceptors (Lipinski definition) is 3. The van der Waals surface area contributed by atoms with Gasteiger partial charge in [-0.2, -0.15) is 0 Å². The lowest BCUT2D eigenvalue weighted by atomic mass is 9.95. The van der Waals surface area contributed by atoms with E-state index in [4.69, 9.17) is 4.74 Å². The van der Waals surface area contributed by atoms with Crippen LogP contribution in [0.1, 0.15) is 25.6 Å². The number of imidazole rings is 1. The van der Waals surface area contributed by atoms with Crippen molar-refractivity contribution in [2.24, 2.45) is 7.05 Å². The van der Waals surface area contributed by atoms with E-state index >= 15 is 0 Å². The lowest BCUT2D eigenvalue weighted by Gasteiger charge is -2.34. The summed E-state index contributed by atoms with van der Waals surface area (Å²) >= 11 is 0. The van der Waals surface area contributed by atoms with Crippen molar-refractivity contribution >= 4 is 0 Å². The Kier molecular flexibility index (Phi) is 3.61. The van der Waals surface area contributed by atoms with Gasteiger partial charge in [-0.1, -0.05) is 0 Å². The zero-order chi connectivity index (χ0) is 11.4. The van der Waals surface area contributed by atoms with Gasteiger partial charge in [-0.05, 0) is 19.8 Å². The Bertz CT molecular complexity index is 329. The molecule has 4 heteroatoms. The number of nitrogens with zero attached hydrogens (tertiary/aromatic N) is 2. The lowest BCUT2D eigenvalue weighted by molar-refractivity contribution is 0.0288. The van der Waals surface area contributed by atoms with Crippen molar-refractivity contribution in [2.75, 3.05) is 19.8 Å². The van der Waals surface area contributed by atoms with E-state index < -0.39 is 0 Å². The van der Waals surface area contributed by atoms with Crippen LogP contribution in [0.25, 0.3) is 0 Å². The van der Waals surface area contributed by atoms with Crippen LogP contribution >= 0.6 is 0 Å². The van der Waals surface area contributed by atoms with Crippen LogP contribution in [0, 0.1) is 0 Å². The molecule has 1 atom stereocenters. The molecule has 1 aromatic heterocycles. The van der Waals surface area contributed by atoms with Gasteiger partial charge in [-0.25, -0.2) is 4.98 Å². The third-order valence-corrected chi connectivity index (χ3v) is 3.26. The fourth-order valence-electron chi connectivity index (χ4n) is 2.19. The van der Waals surface area contributed by atoms with Crippen molar-refractivity contribution in [3.05, 3.63) is 18.2 Å². The van der Waals surface area contributed by atoms with E-state index in [0.717, 1.165) is 38.4 Å². The molecule has 1 aromatic rings. The minimum Gasteiger partial charge on any atom is -0.380 e. The molecular formula is C12H21N3O. The highest BCUT2D eigenvalue weighted by molar-refractivity contribution is 4.93. The van der Waals surface area contributed by atoms with Gasteiger partial charge in [0.2, 0.25) is 0 Å². The monoisotopic (exact) mass is 223 g/mol. The fourth-order valence-corrected chi connectivity index (χ4v) is 2.19. The number of ether oxygens (including phenoxy) is 1. The third-order valence-electron chi connectivity index (χ3n) is 3.26. The Labute approximate surface area is 97.0 Å². The SMILES string of the molecule is Cn1ccnc1CCNC1(C)CCCOC1. The van der Waals surface area contributed by atoms with E-state index in [1.54, 1.807) is 0 Å². The average molecular weight is 223 g/mol. The van der Waals surface area contributed by atoms with Crippen LogP contribution in [0.5, 0.6) is 0 Å². The Balaban J connectivity index is 1.77. The molecule has 0 aromatic carbocycles. The van der Waals surface area contributed by atoms with E-state index in [1.807, 2.05) is 19.4 Å². The molecule has 0 bridgehead atoms. The van der Waals surface area contributed by atoms with Crippen LogP contribution in [-0.2, 0) is 18.2 Å². The predicted octanol–water partition coefficient (Wildman–Crippen LogP) is 1.12. The van der Waals surface area contributed by atoms with Crippen molar-refractivity contribution < 1.29 is 4.74 Å². The molecule has 2 heterocycles. The van der Waals surface area contributed by atoms with Crippen LogP contribution in [-0.4, -0.2) is 34.8 Å². The summed E-state index contributed by atoms with van der Waals surface area (Å²) in [5.41, 5.74) is 0.156. The molecule has 90 valence electrons. The number of aryl methyl sites for hydroxylation is 1. The van der Waals surface area contributed by atoms with E-state index in [1.165, 1.54) is 6.42 Å². The maximum atomic E-state index is 5.51. The van der Waals surface area contributed by atoms with Gasteiger partial charge in [-0.3, -0.25) is 0 Å². The average Bonchev–Trinajstić information content (AvgIpc) is 2.65. The second-order valence-corrected chi connectivity index (χ2v) is 4.85. The molecular weight excluding hydrogens is 202 g/mol. The first-order valence-electron chi connectivity index (χ1n) is 5.99. The summed E-state index contributed by atoms with van der Waals surface area (Å²) in [5.74, 6) is 1.13.